The van der Waals surface area contributed by atoms with Crippen LogP contribution in [-0.4, -0.2) is 67.1 Å². The Kier molecular flexibility index (Phi) is 10.6. The predicted molar refractivity (Wildman–Crippen MR) is 120 cm³/mol. The predicted octanol–water partition coefficient (Wildman–Crippen LogP) is 3.21. The van der Waals surface area contributed by atoms with Crippen molar-refractivity contribution in [2.45, 2.75) is 52.2 Å². The van der Waals surface area contributed by atoms with Gasteiger partial charge in [0.05, 0.1) is 0 Å². The Balaban J connectivity index is 0.00000182. The maximum atomic E-state index is 6.03. The van der Waals surface area contributed by atoms with Gasteiger partial charge in [-0.3, -0.25) is 9.80 Å². The second kappa shape index (κ2) is 11.6. The Morgan fingerprint density at radius 3 is 2.19 bits per heavy atom. The molecule has 0 spiro atoms. The number of hydrogen-bond acceptors (Lipinski definition) is 4. The van der Waals surface area contributed by atoms with Gasteiger partial charge in [-0.15, -0.1) is 24.8 Å². The highest BCUT2D eigenvalue weighted by Gasteiger charge is 2.22. The van der Waals surface area contributed by atoms with Gasteiger partial charge in [-0.2, -0.15) is 0 Å². The second-order valence-electron chi connectivity index (χ2n) is 8.14. The van der Waals surface area contributed by atoms with Gasteiger partial charge in [-0.05, 0) is 57.0 Å². The van der Waals surface area contributed by atoms with Crippen LogP contribution in [0.5, 0.6) is 0 Å². The Morgan fingerprint density at radius 2 is 1.56 bits per heavy atom. The number of rotatable bonds is 5. The first-order valence-electron chi connectivity index (χ1n) is 10.0. The monoisotopic (exact) mass is 416 g/mol. The van der Waals surface area contributed by atoms with Crippen molar-refractivity contribution >= 4 is 24.8 Å². The third-order valence-corrected chi connectivity index (χ3v) is 6.15. The summed E-state index contributed by atoms with van der Waals surface area (Å²) >= 11 is 0. The van der Waals surface area contributed by atoms with Crippen molar-refractivity contribution in [1.82, 2.24) is 14.7 Å². The fourth-order valence-corrected chi connectivity index (χ4v) is 4.34. The van der Waals surface area contributed by atoms with Gasteiger partial charge in [0.25, 0.3) is 0 Å². The van der Waals surface area contributed by atoms with E-state index < -0.39 is 0 Å². The molecular formula is C21H38Cl2N4. The molecule has 0 aliphatic carbocycles. The van der Waals surface area contributed by atoms with Crippen molar-refractivity contribution in [3.63, 3.8) is 0 Å². The maximum Gasteiger partial charge on any atom is 0.0240 e. The molecule has 2 aliphatic rings. The fraction of sp³-hybridized carbons (Fsp3) is 0.714. The molecule has 2 heterocycles. The fourth-order valence-electron chi connectivity index (χ4n) is 4.34. The number of piperidine rings is 1. The number of likely N-dealkylation sites (tertiary alicyclic amines) is 1. The standard InChI is InChI=1S/C21H36N4.2ClH/c1-17-12-19(15-24-10-8-23(3)9-11-24)18(2)20(13-17)16-25-7-5-4-6-21(25)14-22;;/h12-13,21H,4-11,14-16,22H2,1-3H3;2*1H. The van der Waals surface area contributed by atoms with Gasteiger partial charge in [0.1, 0.15) is 0 Å². The third-order valence-electron chi connectivity index (χ3n) is 6.15. The Morgan fingerprint density at radius 1 is 0.926 bits per heavy atom. The van der Waals surface area contributed by atoms with Gasteiger partial charge in [0.2, 0.25) is 0 Å². The van der Waals surface area contributed by atoms with Crippen molar-refractivity contribution in [1.29, 1.82) is 0 Å². The molecule has 2 aliphatic heterocycles. The summed E-state index contributed by atoms with van der Waals surface area (Å²) in [4.78, 5) is 7.65. The van der Waals surface area contributed by atoms with E-state index in [1.807, 2.05) is 0 Å². The van der Waals surface area contributed by atoms with Crippen molar-refractivity contribution in [3.05, 3.63) is 34.4 Å². The molecule has 3 rings (SSSR count). The van der Waals surface area contributed by atoms with E-state index in [0.717, 1.165) is 19.6 Å². The van der Waals surface area contributed by atoms with Gasteiger partial charge in [-0.25, -0.2) is 0 Å². The smallest absolute Gasteiger partial charge is 0.0240 e. The zero-order valence-electron chi connectivity index (χ0n) is 17.2. The summed E-state index contributed by atoms with van der Waals surface area (Å²) in [5.41, 5.74) is 11.9. The SMILES string of the molecule is Cc1cc(CN2CCN(C)CC2)c(C)c(CN2CCCCC2CN)c1.Cl.Cl. The number of nitrogens with two attached hydrogens (primary N) is 1. The molecule has 0 saturated carbocycles. The van der Waals surface area contributed by atoms with Crippen LogP contribution in [0.1, 0.15) is 41.5 Å². The van der Waals surface area contributed by atoms with Gasteiger partial charge >= 0.3 is 0 Å². The summed E-state index contributed by atoms with van der Waals surface area (Å²) < 4.78 is 0. The average Bonchev–Trinajstić information content (AvgIpc) is 2.61. The second-order valence-corrected chi connectivity index (χ2v) is 8.14. The molecule has 0 aromatic heterocycles. The molecule has 1 aromatic carbocycles. The van der Waals surface area contributed by atoms with Crippen molar-refractivity contribution in [2.24, 2.45) is 5.73 Å². The highest BCUT2D eigenvalue weighted by molar-refractivity contribution is 5.85. The quantitative estimate of drug-likeness (QED) is 0.798. The van der Waals surface area contributed by atoms with E-state index in [1.165, 1.54) is 74.2 Å². The largest absolute Gasteiger partial charge is 0.329 e. The normalized spacial score (nSPS) is 22.1. The number of likely N-dealkylation sites (N-methyl/N-ethyl adjacent to an activating group) is 1. The molecule has 27 heavy (non-hydrogen) atoms. The first-order chi connectivity index (χ1) is 12.1. The molecule has 0 amide bonds. The number of benzene rings is 1. The first kappa shape index (κ1) is 24.7. The van der Waals surface area contributed by atoms with Crippen molar-refractivity contribution in [2.75, 3.05) is 46.3 Å². The molecule has 1 atom stereocenters. The van der Waals surface area contributed by atoms with Crippen LogP contribution < -0.4 is 5.73 Å². The number of nitrogens with zero attached hydrogens (tertiary/aromatic N) is 3. The summed E-state index contributed by atoms with van der Waals surface area (Å²) in [5, 5.41) is 0. The summed E-state index contributed by atoms with van der Waals surface area (Å²) in [7, 11) is 2.22. The van der Waals surface area contributed by atoms with Crippen LogP contribution in [0.2, 0.25) is 0 Å². The van der Waals surface area contributed by atoms with Gasteiger partial charge < -0.3 is 10.6 Å². The Hall–Kier alpha value is -0.360. The van der Waals surface area contributed by atoms with Gasteiger partial charge in [0, 0.05) is 51.9 Å². The summed E-state index contributed by atoms with van der Waals surface area (Å²) in [6.07, 6.45) is 3.91. The minimum atomic E-state index is 0. The summed E-state index contributed by atoms with van der Waals surface area (Å²) in [6, 6.07) is 5.36. The highest BCUT2D eigenvalue weighted by Crippen LogP contribution is 2.24. The minimum Gasteiger partial charge on any atom is -0.329 e. The van der Waals surface area contributed by atoms with Crippen LogP contribution in [0, 0.1) is 13.8 Å². The molecule has 6 heteroatoms. The van der Waals surface area contributed by atoms with Crippen LogP contribution in [0.4, 0.5) is 0 Å². The van der Waals surface area contributed by atoms with Crippen LogP contribution in [0.15, 0.2) is 12.1 Å². The van der Waals surface area contributed by atoms with Crippen molar-refractivity contribution in [3.8, 4) is 0 Å². The highest BCUT2D eigenvalue weighted by atomic mass is 35.5. The molecular weight excluding hydrogens is 379 g/mol. The minimum absolute atomic E-state index is 0. The lowest BCUT2D eigenvalue weighted by Gasteiger charge is -2.36. The van der Waals surface area contributed by atoms with E-state index in [4.69, 9.17) is 5.73 Å². The summed E-state index contributed by atoms with van der Waals surface area (Å²) in [6.45, 7) is 13.4. The van der Waals surface area contributed by atoms with Crippen LogP contribution in [0.3, 0.4) is 0 Å². The lowest BCUT2D eigenvalue weighted by atomic mass is 9.96. The number of aryl methyl sites for hydroxylation is 1. The van der Waals surface area contributed by atoms with E-state index >= 15 is 0 Å². The van der Waals surface area contributed by atoms with Crippen LogP contribution in [-0.2, 0) is 13.1 Å². The van der Waals surface area contributed by atoms with Crippen LogP contribution in [0.25, 0.3) is 0 Å². The van der Waals surface area contributed by atoms with Crippen molar-refractivity contribution < 1.29 is 0 Å². The molecule has 2 fully saturated rings. The van der Waals surface area contributed by atoms with E-state index in [1.54, 1.807) is 0 Å². The van der Waals surface area contributed by atoms with E-state index in [-0.39, 0.29) is 24.8 Å². The molecule has 1 aromatic rings. The Bertz CT molecular complexity index is 574. The lowest BCUT2D eigenvalue weighted by molar-refractivity contribution is 0.143. The van der Waals surface area contributed by atoms with E-state index in [2.05, 4.69) is 47.7 Å². The molecule has 2 saturated heterocycles. The zero-order valence-corrected chi connectivity index (χ0v) is 18.9. The average molecular weight is 417 g/mol. The molecule has 156 valence electrons. The maximum absolute atomic E-state index is 6.03. The first-order valence-corrected chi connectivity index (χ1v) is 10.0. The molecule has 0 radical (unpaired) electrons. The number of hydrogen-bond donors (Lipinski definition) is 1. The lowest BCUT2D eigenvalue weighted by Crippen LogP contribution is -2.44. The molecule has 0 bridgehead atoms. The summed E-state index contributed by atoms with van der Waals surface area (Å²) in [5.74, 6) is 0. The zero-order chi connectivity index (χ0) is 17.8. The van der Waals surface area contributed by atoms with Crippen LogP contribution >= 0.6 is 24.8 Å². The van der Waals surface area contributed by atoms with Gasteiger partial charge in [0.15, 0.2) is 0 Å². The number of halogens is 2. The number of piperazine rings is 1. The molecule has 4 nitrogen and oxygen atoms in total. The molecule has 2 N–H and O–H groups in total. The topological polar surface area (TPSA) is 35.7 Å². The van der Waals surface area contributed by atoms with E-state index in [9.17, 15) is 0 Å². The Labute approximate surface area is 178 Å². The third kappa shape index (κ3) is 6.59. The van der Waals surface area contributed by atoms with Gasteiger partial charge in [-0.1, -0.05) is 24.1 Å². The van der Waals surface area contributed by atoms with E-state index in [0.29, 0.717) is 6.04 Å². The molecule has 1 unspecified atom stereocenters.